The van der Waals surface area contributed by atoms with Gasteiger partial charge in [-0.15, -0.1) is 0 Å². The van der Waals surface area contributed by atoms with E-state index in [1.807, 2.05) is 0 Å². The smallest absolute Gasteiger partial charge is 0.0843 e. The van der Waals surface area contributed by atoms with Crippen LogP contribution in [0.25, 0.3) is 0 Å². The molecule has 0 atom stereocenters. The van der Waals surface area contributed by atoms with E-state index >= 15 is 0 Å². The van der Waals surface area contributed by atoms with Crippen molar-refractivity contribution in [3.05, 3.63) is 137 Å². The lowest BCUT2D eigenvalue weighted by molar-refractivity contribution is 1.43. The monoisotopic (exact) mass is 484 g/mol. The fourth-order valence-electron chi connectivity index (χ4n) is 6.35. The molecule has 168 valence electrons. The lowest BCUT2D eigenvalue weighted by Crippen LogP contribution is -2.86. The number of benzene rings is 5. The third kappa shape index (κ3) is 3.36. The van der Waals surface area contributed by atoms with Crippen molar-refractivity contribution in [3.8, 4) is 0 Å². The maximum Gasteiger partial charge on any atom is 0.241 e. The average molecular weight is 485 g/mol. The van der Waals surface area contributed by atoms with Gasteiger partial charge in [-0.3, -0.25) is 0 Å². The van der Waals surface area contributed by atoms with Crippen LogP contribution in [0.15, 0.2) is 121 Å². The van der Waals surface area contributed by atoms with Crippen LogP contribution in [0.1, 0.15) is 11.1 Å². The fraction of sp³-hybridized carbons (Fsp3) is 0.0625. The van der Waals surface area contributed by atoms with E-state index < -0.39 is 8.07 Å². The van der Waals surface area contributed by atoms with Crippen molar-refractivity contribution in [3.63, 3.8) is 0 Å². The Morgan fingerprint density at radius 3 is 1.40 bits per heavy atom. The summed E-state index contributed by atoms with van der Waals surface area (Å²) in [7, 11) is -2.52. The van der Waals surface area contributed by atoms with Crippen molar-refractivity contribution in [2.75, 3.05) is 0 Å². The molecule has 6 rings (SSSR count). The highest BCUT2D eigenvalue weighted by molar-refractivity contribution is 7.26. The molecule has 1 aliphatic heterocycles. The van der Waals surface area contributed by atoms with Gasteiger partial charge in [0.15, 0.2) is 8.07 Å². The first-order chi connectivity index (χ1) is 17.1. The molecule has 0 unspecified atom stereocenters. The highest BCUT2D eigenvalue weighted by atomic mass is 35.5. The third-order valence-electron chi connectivity index (χ3n) is 7.61. The molecule has 0 radical (unpaired) electrons. The predicted molar refractivity (Wildman–Crippen MR) is 156 cm³/mol. The van der Waals surface area contributed by atoms with E-state index in [1.54, 1.807) is 0 Å². The van der Waals surface area contributed by atoms with Gasteiger partial charge in [-0.05, 0) is 46.7 Å². The number of hydrogen-bond acceptors (Lipinski definition) is 0. The second kappa shape index (κ2) is 8.71. The molecule has 1 aliphatic rings. The standard InChI is InChI=1S/C32H26BClSi/c1-23-21-25(34)22-24(2)32(23)33-28-17-9-11-19-30(28)35(26-13-5-3-6-14-26,27-15-7-4-8-16-27)31-20-12-10-18-29(31)33/h3-22H,1-2H3. The topological polar surface area (TPSA) is 0 Å². The highest BCUT2D eigenvalue weighted by Gasteiger charge is 2.49. The first kappa shape index (κ1) is 22.2. The largest absolute Gasteiger partial charge is 0.241 e. The minimum absolute atomic E-state index is 0.174. The van der Waals surface area contributed by atoms with E-state index in [9.17, 15) is 0 Å². The summed E-state index contributed by atoms with van der Waals surface area (Å²) >= 11 is 6.47. The summed E-state index contributed by atoms with van der Waals surface area (Å²) in [5.74, 6) is 0. The maximum atomic E-state index is 6.47. The molecule has 0 aromatic heterocycles. The third-order valence-corrected chi connectivity index (χ3v) is 12.8. The number of rotatable bonds is 3. The molecule has 0 saturated heterocycles. The van der Waals surface area contributed by atoms with Gasteiger partial charge in [-0.2, -0.15) is 0 Å². The van der Waals surface area contributed by atoms with Gasteiger partial charge in [0.2, 0.25) is 6.71 Å². The number of fused-ring (bicyclic) bond motifs is 2. The van der Waals surface area contributed by atoms with E-state index in [4.69, 9.17) is 11.6 Å². The molecule has 35 heavy (non-hydrogen) atoms. The molecule has 0 N–H and O–H groups in total. The molecular formula is C32H26BClSi. The molecule has 5 aromatic carbocycles. The fourth-order valence-corrected chi connectivity index (χ4v) is 11.9. The molecule has 0 aliphatic carbocycles. The zero-order valence-corrected chi connectivity index (χ0v) is 21.8. The summed E-state index contributed by atoms with van der Waals surface area (Å²) in [5, 5.41) is 6.62. The van der Waals surface area contributed by atoms with Gasteiger partial charge in [0.1, 0.15) is 0 Å². The van der Waals surface area contributed by atoms with Crippen molar-refractivity contribution in [2.45, 2.75) is 13.8 Å². The van der Waals surface area contributed by atoms with Crippen molar-refractivity contribution < 1.29 is 0 Å². The Balaban J connectivity index is 1.78. The van der Waals surface area contributed by atoms with Crippen molar-refractivity contribution >= 4 is 63.5 Å². The lowest BCUT2D eigenvalue weighted by atomic mass is 9.35. The summed E-state index contributed by atoms with van der Waals surface area (Å²) in [6.07, 6.45) is 0. The molecule has 1 heterocycles. The molecule has 3 heteroatoms. The van der Waals surface area contributed by atoms with Crippen LogP contribution in [-0.2, 0) is 0 Å². The lowest BCUT2D eigenvalue weighted by Gasteiger charge is -2.43. The molecular weight excluding hydrogens is 459 g/mol. The normalized spacial score (nSPS) is 13.7. The van der Waals surface area contributed by atoms with Crippen LogP contribution < -0.4 is 37.1 Å². The molecule has 0 saturated carbocycles. The van der Waals surface area contributed by atoms with Crippen LogP contribution in [0, 0.1) is 13.8 Å². The Bertz CT molecular complexity index is 1420. The molecule has 0 amide bonds. The Morgan fingerprint density at radius 1 is 0.543 bits per heavy atom. The highest BCUT2D eigenvalue weighted by Crippen LogP contribution is 2.17. The van der Waals surface area contributed by atoms with Crippen molar-refractivity contribution in [1.82, 2.24) is 0 Å². The van der Waals surface area contributed by atoms with Gasteiger partial charge < -0.3 is 0 Å². The van der Waals surface area contributed by atoms with Crippen LogP contribution in [0.3, 0.4) is 0 Å². The van der Waals surface area contributed by atoms with Gasteiger partial charge in [-0.25, -0.2) is 0 Å². The molecule has 0 nitrogen and oxygen atoms in total. The maximum absolute atomic E-state index is 6.47. The minimum Gasteiger partial charge on any atom is -0.0843 e. The van der Waals surface area contributed by atoms with Crippen LogP contribution >= 0.6 is 11.6 Å². The van der Waals surface area contributed by atoms with Gasteiger partial charge in [0, 0.05) is 5.02 Å². The van der Waals surface area contributed by atoms with E-state index in [0.29, 0.717) is 0 Å². The summed E-state index contributed by atoms with van der Waals surface area (Å²) in [5.41, 5.74) is 6.70. The zero-order chi connectivity index (χ0) is 24.0. The minimum atomic E-state index is -2.52. The van der Waals surface area contributed by atoms with E-state index in [1.165, 1.54) is 48.3 Å². The van der Waals surface area contributed by atoms with Gasteiger partial charge in [0.25, 0.3) is 0 Å². The van der Waals surface area contributed by atoms with E-state index in [-0.39, 0.29) is 6.71 Å². The summed E-state index contributed by atoms with van der Waals surface area (Å²) in [4.78, 5) is 0. The molecule has 5 aromatic rings. The van der Waals surface area contributed by atoms with Crippen molar-refractivity contribution in [1.29, 1.82) is 0 Å². The number of hydrogen-bond donors (Lipinski definition) is 0. The number of halogens is 1. The van der Waals surface area contributed by atoms with E-state index in [0.717, 1.165) is 5.02 Å². The predicted octanol–water partition coefficient (Wildman–Crippen LogP) is 3.16. The Hall–Kier alpha value is -3.33. The van der Waals surface area contributed by atoms with Gasteiger partial charge >= 0.3 is 0 Å². The first-order valence-electron chi connectivity index (χ1n) is 12.2. The summed E-state index contributed by atoms with van der Waals surface area (Å²) in [6.45, 7) is 4.58. The first-order valence-corrected chi connectivity index (χ1v) is 14.6. The molecule has 0 bridgehead atoms. The Kier molecular flexibility index (Phi) is 5.52. The number of aryl methyl sites for hydroxylation is 2. The zero-order valence-electron chi connectivity index (χ0n) is 20.0. The van der Waals surface area contributed by atoms with Crippen LogP contribution in [0.2, 0.25) is 5.02 Å². The quantitative estimate of drug-likeness (QED) is 0.339. The van der Waals surface area contributed by atoms with Gasteiger partial charge in [0.05, 0.1) is 0 Å². The second-order valence-electron chi connectivity index (χ2n) is 9.54. The molecule has 0 spiro atoms. The molecule has 0 fully saturated rings. The van der Waals surface area contributed by atoms with Crippen LogP contribution in [-0.4, -0.2) is 14.8 Å². The Labute approximate surface area is 214 Å². The summed E-state index contributed by atoms with van der Waals surface area (Å²) < 4.78 is 0. The van der Waals surface area contributed by atoms with E-state index in [2.05, 4.69) is 135 Å². The van der Waals surface area contributed by atoms with Crippen LogP contribution in [0.5, 0.6) is 0 Å². The van der Waals surface area contributed by atoms with Gasteiger partial charge in [-0.1, -0.05) is 148 Å². The van der Waals surface area contributed by atoms with Crippen LogP contribution in [0.4, 0.5) is 0 Å². The Morgan fingerprint density at radius 2 is 0.943 bits per heavy atom. The average Bonchev–Trinajstić information content (AvgIpc) is 2.89. The summed E-state index contributed by atoms with van der Waals surface area (Å²) in [6, 6.07) is 45.0. The SMILES string of the molecule is Cc1cc(Cl)cc(C)c1B1c2ccccc2[Si](c2ccccc2)(c2ccccc2)c2ccccc21. The van der Waals surface area contributed by atoms with Crippen molar-refractivity contribution in [2.24, 2.45) is 0 Å². The second-order valence-corrected chi connectivity index (χ2v) is 13.7.